The lowest BCUT2D eigenvalue weighted by atomic mass is 10.1. The number of benzene rings is 1. The Kier molecular flexibility index (Phi) is 1.89. The number of hydrogen-bond donors (Lipinski definition) is 1. The van der Waals surface area contributed by atoms with Crippen LogP contribution >= 0.6 is 0 Å². The molecule has 0 atom stereocenters. The van der Waals surface area contributed by atoms with Crippen molar-refractivity contribution in [2.75, 3.05) is 0 Å². The zero-order valence-electron chi connectivity index (χ0n) is 9.83. The van der Waals surface area contributed by atoms with Crippen LogP contribution in [0.15, 0.2) is 18.2 Å². The number of hydrogen-bond acceptors (Lipinski definition) is 2. The van der Waals surface area contributed by atoms with E-state index in [1.165, 1.54) is 11.1 Å². The molecule has 3 heteroatoms. The van der Waals surface area contributed by atoms with Gasteiger partial charge in [-0.1, -0.05) is 13.0 Å². The summed E-state index contributed by atoms with van der Waals surface area (Å²) in [4.78, 5) is 4.64. The fourth-order valence-corrected chi connectivity index (χ4v) is 2.30. The second-order valence-corrected chi connectivity index (χ2v) is 4.80. The van der Waals surface area contributed by atoms with Crippen molar-refractivity contribution in [3.05, 3.63) is 29.6 Å². The van der Waals surface area contributed by atoms with Gasteiger partial charge < -0.3 is 10.3 Å². The van der Waals surface area contributed by atoms with Crippen LogP contribution in [0.3, 0.4) is 0 Å². The van der Waals surface area contributed by atoms with Gasteiger partial charge in [-0.05, 0) is 30.5 Å². The summed E-state index contributed by atoms with van der Waals surface area (Å²) in [5, 5.41) is 0. The van der Waals surface area contributed by atoms with Gasteiger partial charge in [0.05, 0.1) is 11.0 Å². The van der Waals surface area contributed by atoms with Crippen molar-refractivity contribution < 1.29 is 0 Å². The highest BCUT2D eigenvalue weighted by molar-refractivity contribution is 5.77. The van der Waals surface area contributed by atoms with Gasteiger partial charge in [0.2, 0.25) is 0 Å². The lowest BCUT2D eigenvalue weighted by Crippen LogP contribution is -2.18. The number of nitrogens with two attached hydrogens (primary N) is 1. The van der Waals surface area contributed by atoms with Gasteiger partial charge in [0.1, 0.15) is 5.82 Å². The Morgan fingerprint density at radius 1 is 1.44 bits per heavy atom. The molecule has 1 aliphatic carbocycles. The maximum Gasteiger partial charge on any atom is 0.109 e. The van der Waals surface area contributed by atoms with E-state index in [-0.39, 0.29) is 5.54 Å². The molecule has 1 saturated carbocycles. The summed E-state index contributed by atoms with van der Waals surface area (Å²) < 4.78 is 2.16. The van der Waals surface area contributed by atoms with Crippen LogP contribution < -0.4 is 5.73 Å². The molecule has 0 radical (unpaired) electrons. The quantitative estimate of drug-likeness (QED) is 0.833. The van der Waals surface area contributed by atoms with Crippen molar-refractivity contribution >= 4 is 11.0 Å². The van der Waals surface area contributed by atoms with E-state index in [0.29, 0.717) is 0 Å². The van der Waals surface area contributed by atoms with Crippen molar-refractivity contribution in [2.24, 2.45) is 12.8 Å². The van der Waals surface area contributed by atoms with Gasteiger partial charge in [0, 0.05) is 19.0 Å². The molecule has 1 heterocycles. The van der Waals surface area contributed by atoms with E-state index in [1.807, 2.05) is 0 Å². The van der Waals surface area contributed by atoms with Crippen molar-refractivity contribution in [1.29, 1.82) is 0 Å². The molecule has 0 aliphatic heterocycles. The highest BCUT2D eigenvalue weighted by Crippen LogP contribution is 2.43. The molecular formula is C13H17N3. The van der Waals surface area contributed by atoms with Gasteiger partial charge in [-0.25, -0.2) is 4.98 Å². The lowest BCUT2D eigenvalue weighted by Gasteiger charge is -2.08. The van der Waals surface area contributed by atoms with Crippen molar-refractivity contribution in [3.63, 3.8) is 0 Å². The lowest BCUT2D eigenvalue weighted by molar-refractivity contribution is 0.741. The molecule has 0 bridgehead atoms. The highest BCUT2D eigenvalue weighted by Gasteiger charge is 2.40. The minimum absolute atomic E-state index is 0.0575. The predicted octanol–water partition coefficient (Wildman–Crippen LogP) is 2.08. The van der Waals surface area contributed by atoms with E-state index < -0.39 is 0 Å². The summed E-state index contributed by atoms with van der Waals surface area (Å²) in [6.07, 6.45) is 3.17. The van der Waals surface area contributed by atoms with Crippen molar-refractivity contribution in [2.45, 2.75) is 31.7 Å². The summed E-state index contributed by atoms with van der Waals surface area (Å²) in [5.41, 5.74) is 9.66. The fourth-order valence-electron chi connectivity index (χ4n) is 2.30. The normalized spacial score (nSPS) is 17.9. The van der Waals surface area contributed by atoms with E-state index in [9.17, 15) is 0 Å². The summed E-state index contributed by atoms with van der Waals surface area (Å²) in [5.74, 6) is 1.13. The van der Waals surface area contributed by atoms with E-state index >= 15 is 0 Å². The average Bonchev–Trinajstić information content (AvgIpc) is 2.96. The largest absolute Gasteiger partial charge is 0.331 e. The average molecular weight is 215 g/mol. The van der Waals surface area contributed by atoms with Crippen LogP contribution in [-0.4, -0.2) is 9.55 Å². The molecule has 16 heavy (non-hydrogen) atoms. The molecule has 0 spiro atoms. The summed E-state index contributed by atoms with van der Waals surface area (Å²) >= 11 is 0. The van der Waals surface area contributed by atoms with Crippen LogP contribution in [0.1, 0.15) is 31.2 Å². The van der Waals surface area contributed by atoms with Gasteiger partial charge in [0.15, 0.2) is 0 Å². The SMILES string of the molecule is CCc1nc2cc(C3(N)CC3)ccc2n1C. The molecule has 0 amide bonds. The van der Waals surface area contributed by atoms with Crippen LogP contribution in [0.4, 0.5) is 0 Å². The number of imidazole rings is 1. The molecule has 1 aromatic heterocycles. The van der Waals surface area contributed by atoms with Gasteiger partial charge in [-0.15, -0.1) is 0 Å². The van der Waals surface area contributed by atoms with E-state index in [1.54, 1.807) is 0 Å². The third-order valence-electron chi connectivity index (χ3n) is 3.65. The molecule has 84 valence electrons. The third-order valence-corrected chi connectivity index (χ3v) is 3.65. The first-order chi connectivity index (χ1) is 7.64. The molecule has 2 N–H and O–H groups in total. The minimum atomic E-state index is -0.0575. The van der Waals surface area contributed by atoms with Crippen LogP contribution in [0, 0.1) is 0 Å². The number of nitrogens with zero attached hydrogens (tertiary/aromatic N) is 2. The smallest absolute Gasteiger partial charge is 0.109 e. The molecule has 0 unspecified atom stereocenters. The maximum atomic E-state index is 6.20. The Hall–Kier alpha value is -1.35. The van der Waals surface area contributed by atoms with Crippen molar-refractivity contribution in [1.82, 2.24) is 9.55 Å². The first kappa shape index (κ1) is 9.85. The van der Waals surface area contributed by atoms with Gasteiger partial charge >= 0.3 is 0 Å². The van der Waals surface area contributed by atoms with Gasteiger partial charge in [0.25, 0.3) is 0 Å². The molecule has 0 saturated heterocycles. The Morgan fingerprint density at radius 2 is 2.19 bits per heavy atom. The van der Waals surface area contributed by atoms with Crippen LogP contribution in [0.5, 0.6) is 0 Å². The maximum absolute atomic E-state index is 6.20. The van der Waals surface area contributed by atoms with Crippen LogP contribution in [-0.2, 0) is 19.0 Å². The standard InChI is InChI=1S/C13H17N3/c1-3-12-15-10-8-9(13(14)6-7-13)4-5-11(10)16(12)2/h4-5,8H,3,6-7,14H2,1-2H3. The summed E-state index contributed by atoms with van der Waals surface area (Å²) in [6.45, 7) is 2.13. The fraction of sp³-hybridized carbons (Fsp3) is 0.462. The van der Waals surface area contributed by atoms with Gasteiger partial charge in [-0.2, -0.15) is 0 Å². The first-order valence-electron chi connectivity index (χ1n) is 5.89. The second kappa shape index (κ2) is 3.08. The van der Waals surface area contributed by atoms with E-state index in [4.69, 9.17) is 5.73 Å². The number of rotatable bonds is 2. The zero-order valence-corrected chi connectivity index (χ0v) is 9.83. The molecule has 1 aromatic carbocycles. The Labute approximate surface area is 95.3 Å². The molecule has 1 aliphatic rings. The Balaban J connectivity index is 2.18. The summed E-state index contributed by atoms with van der Waals surface area (Å²) in [6, 6.07) is 6.45. The molecule has 1 fully saturated rings. The molecular weight excluding hydrogens is 198 g/mol. The number of fused-ring (bicyclic) bond motifs is 1. The van der Waals surface area contributed by atoms with Crippen molar-refractivity contribution in [3.8, 4) is 0 Å². The number of aryl methyl sites for hydroxylation is 2. The Bertz CT molecular complexity index is 550. The first-order valence-corrected chi connectivity index (χ1v) is 5.89. The van der Waals surface area contributed by atoms with E-state index in [2.05, 4.69) is 41.7 Å². The van der Waals surface area contributed by atoms with E-state index in [0.717, 1.165) is 30.6 Å². The molecule has 3 rings (SSSR count). The third kappa shape index (κ3) is 1.28. The monoisotopic (exact) mass is 215 g/mol. The van der Waals surface area contributed by atoms with Crippen LogP contribution in [0.2, 0.25) is 0 Å². The van der Waals surface area contributed by atoms with Crippen LogP contribution in [0.25, 0.3) is 11.0 Å². The molecule has 3 nitrogen and oxygen atoms in total. The second-order valence-electron chi connectivity index (χ2n) is 4.80. The van der Waals surface area contributed by atoms with Gasteiger partial charge in [-0.3, -0.25) is 0 Å². The number of aromatic nitrogens is 2. The predicted molar refractivity (Wildman–Crippen MR) is 65.2 cm³/mol. The zero-order chi connectivity index (χ0) is 11.3. The Morgan fingerprint density at radius 3 is 2.81 bits per heavy atom. The minimum Gasteiger partial charge on any atom is -0.331 e. The molecule has 2 aromatic rings. The highest BCUT2D eigenvalue weighted by atomic mass is 15.1. The summed E-state index contributed by atoms with van der Waals surface area (Å²) in [7, 11) is 2.07. The topological polar surface area (TPSA) is 43.8 Å².